The monoisotopic (exact) mass is 293 g/mol. The lowest BCUT2D eigenvalue weighted by Crippen LogP contribution is -2.25. The Morgan fingerprint density at radius 1 is 1.40 bits per heavy atom. The lowest BCUT2D eigenvalue weighted by atomic mass is 10.3. The van der Waals surface area contributed by atoms with Gasteiger partial charge >= 0.3 is 0 Å². The van der Waals surface area contributed by atoms with Crippen molar-refractivity contribution >= 4 is 38.5 Å². The van der Waals surface area contributed by atoms with Gasteiger partial charge in [-0.3, -0.25) is 9.59 Å². The first kappa shape index (κ1) is 14.3. The minimum absolute atomic E-state index is 0.150. The smallest absolute Gasteiger partial charge is 0.227 e. The van der Waals surface area contributed by atoms with E-state index in [2.05, 4.69) is 15.6 Å². The van der Waals surface area contributed by atoms with Crippen LogP contribution >= 0.6 is 11.3 Å². The lowest BCUT2D eigenvalue weighted by molar-refractivity contribution is -0.119. The molecule has 0 unspecified atom stereocenters. The second-order valence-electron chi connectivity index (χ2n) is 4.11. The van der Waals surface area contributed by atoms with Crippen LogP contribution in [0.3, 0.4) is 0 Å². The first-order valence-electron chi connectivity index (χ1n) is 6.08. The van der Waals surface area contributed by atoms with E-state index in [1.165, 1.54) is 18.3 Å². The number of carbonyl (C=O) groups is 2. The predicted octanol–water partition coefficient (Wildman–Crippen LogP) is 1.77. The van der Waals surface area contributed by atoms with E-state index in [1.54, 1.807) is 7.11 Å². The van der Waals surface area contributed by atoms with Crippen molar-refractivity contribution in [2.75, 3.05) is 19.0 Å². The van der Waals surface area contributed by atoms with E-state index in [-0.39, 0.29) is 18.2 Å². The molecule has 0 aliphatic carbocycles. The van der Waals surface area contributed by atoms with Crippen LogP contribution < -0.4 is 15.4 Å². The van der Waals surface area contributed by atoms with Crippen LogP contribution in [0, 0.1) is 0 Å². The fourth-order valence-electron chi connectivity index (χ4n) is 1.68. The molecule has 0 bridgehead atoms. The second-order valence-corrected chi connectivity index (χ2v) is 5.14. The Kier molecular flexibility index (Phi) is 4.52. The van der Waals surface area contributed by atoms with Crippen molar-refractivity contribution in [2.45, 2.75) is 13.3 Å². The molecule has 0 saturated heterocycles. The maximum atomic E-state index is 11.7. The minimum atomic E-state index is -0.184. The molecule has 1 aromatic heterocycles. The summed E-state index contributed by atoms with van der Waals surface area (Å²) in [7, 11) is 1.58. The van der Waals surface area contributed by atoms with E-state index in [1.807, 2.05) is 18.2 Å². The second kappa shape index (κ2) is 6.33. The van der Waals surface area contributed by atoms with Crippen LogP contribution in [0.5, 0.6) is 5.75 Å². The molecule has 1 heterocycles. The van der Waals surface area contributed by atoms with Gasteiger partial charge in [0.1, 0.15) is 11.3 Å². The number of amides is 2. The van der Waals surface area contributed by atoms with E-state index in [4.69, 9.17) is 4.74 Å². The van der Waals surface area contributed by atoms with E-state index in [9.17, 15) is 9.59 Å². The zero-order valence-electron chi connectivity index (χ0n) is 11.2. The number of carbonyl (C=O) groups excluding carboxylic acids is 2. The average Bonchev–Trinajstić information content (AvgIpc) is 2.80. The summed E-state index contributed by atoms with van der Waals surface area (Å²) in [6.45, 7) is 1.73. The highest BCUT2D eigenvalue weighted by Gasteiger charge is 2.10. The molecule has 0 radical (unpaired) electrons. The SMILES string of the molecule is COc1cccc2sc(NC(=O)CCNC(C)=O)nc12. The summed E-state index contributed by atoms with van der Waals surface area (Å²) in [6, 6.07) is 5.62. The van der Waals surface area contributed by atoms with Crippen molar-refractivity contribution in [1.82, 2.24) is 10.3 Å². The van der Waals surface area contributed by atoms with Crippen molar-refractivity contribution in [1.29, 1.82) is 0 Å². The number of para-hydroxylation sites is 1. The Hall–Kier alpha value is -2.15. The topological polar surface area (TPSA) is 80.3 Å². The molecule has 0 fully saturated rings. The van der Waals surface area contributed by atoms with Crippen LogP contribution in [0.15, 0.2) is 18.2 Å². The molecule has 2 rings (SSSR count). The summed E-state index contributed by atoms with van der Waals surface area (Å²) < 4.78 is 6.17. The Balaban J connectivity index is 2.03. The molecule has 2 aromatic rings. The van der Waals surface area contributed by atoms with Gasteiger partial charge in [0.2, 0.25) is 11.8 Å². The minimum Gasteiger partial charge on any atom is -0.494 e. The van der Waals surface area contributed by atoms with E-state index in [0.29, 0.717) is 17.4 Å². The van der Waals surface area contributed by atoms with E-state index < -0.39 is 0 Å². The van der Waals surface area contributed by atoms with Gasteiger partial charge in [-0.05, 0) is 12.1 Å². The van der Waals surface area contributed by atoms with Gasteiger partial charge in [-0.25, -0.2) is 4.98 Å². The van der Waals surface area contributed by atoms with Gasteiger partial charge in [0.05, 0.1) is 11.8 Å². The summed E-state index contributed by atoms with van der Waals surface area (Å²) in [5, 5.41) is 5.81. The van der Waals surface area contributed by atoms with Crippen LogP contribution in [-0.2, 0) is 9.59 Å². The zero-order valence-corrected chi connectivity index (χ0v) is 12.0. The predicted molar refractivity (Wildman–Crippen MR) is 78.1 cm³/mol. The number of benzene rings is 1. The van der Waals surface area contributed by atoms with Crippen LogP contribution in [-0.4, -0.2) is 30.5 Å². The largest absolute Gasteiger partial charge is 0.494 e. The standard InChI is InChI=1S/C13H15N3O3S/c1-8(17)14-7-6-11(18)15-13-16-12-9(19-2)4-3-5-10(12)20-13/h3-5H,6-7H2,1-2H3,(H,14,17)(H,15,16,18). The molecule has 0 aliphatic heterocycles. The van der Waals surface area contributed by atoms with Crippen molar-refractivity contribution in [3.63, 3.8) is 0 Å². The van der Waals surface area contributed by atoms with Crippen LogP contribution in [0.1, 0.15) is 13.3 Å². The highest BCUT2D eigenvalue weighted by atomic mass is 32.1. The average molecular weight is 293 g/mol. The molecule has 20 heavy (non-hydrogen) atoms. The van der Waals surface area contributed by atoms with Crippen molar-refractivity contribution in [2.24, 2.45) is 0 Å². The fraction of sp³-hybridized carbons (Fsp3) is 0.308. The summed E-state index contributed by atoms with van der Waals surface area (Å²) in [4.78, 5) is 26.7. The Bertz CT molecular complexity index is 639. The molecule has 106 valence electrons. The molecule has 2 amide bonds. The van der Waals surface area contributed by atoms with Gasteiger partial charge in [-0.1, -0.05) is 17.4 Å². The van der Waals surface area contributed by atoms with Crippen LogP contribution in [0.25, 0.3) is 10.2 Å². The maximum Gasteiger partial charge on any atom is 0.227 e. The van der Waals surface area contributed by atoms with E-state index >= 15 is 0 Å². The normalized spacial score (nSPS) is 10.3. The Morgan fingerprint density at radius 3 is 2.90 bits per heavy atom. The van der Waals surface area contributed by atoms with Gasteiger partial charge in [0, 0.05) is 19.9 Å². The number of thiazole rings is 1. The molecular weight excluding hydrogens is 278 g/mol. The van der Waals surface area contributed by atoms with Crippen molar-refractivity contribution in [3.8, 4) is 5.75 Å². The Labute approximate surface area is 120 Å². The summed E-state index contributed by atoms with van der Waals surface area (Å²) in [5.74, 6) is 0.344. The third-order valence-electron chi connectivity index (χ3n) is 2.57. The molecular formula is C13H15N3O3S. The maximum absolute atomic E-state index is 11.7. The molecule has 6 nitrogen and oxygen atoms in total. The van der Waals surface area contributed by atoms with Gasteiger partial charge in [0.25, 0.3) is 0 Å². The first-order valence-corrected chi connectivity index (χ1v) is 6.89. The van der Waals surface area contributed by atoms with Gasteiger partial charge in [0.15, 0.2) is 5.13 Å². The summed E-state index contributed by atoms with van der Waals surface area (Å²) in [5.41, 5.74) is 0.733. The quantitative estimate of drug-likeness (QED) is 0.880. The first-order chi connectivity index (χ1) is 9.60. The lowest BCUT2D eigenvalue weighted by Gasteiger charge is -2.02. The molecule has 0 saturated carbocycles. The number of rotatable bonds is 5. The molecule has 2 N–H and O–H groups in total. The fourth-order valence-corrected chi connectivity index (χ4v) is 2.57. The molecule has 0 spiro atoms. The summed E-state index contributed by atoms with van der Waals surface area (Å²) >= 11 is 1.38. The van der Waals surface area contributed by atoms with Crippen LogP contribution in [0.4, 0.5) is 5.13 Å². The number of hydrogen-bond donors (Lipinski definition) is 2. The van der Waals surface area contributed by atoms with E-state index in [0.717, 1.165) is 10.2 Å². The highest BCUT2D eigenvalue weighted by Crippen LogP contribution is 2.31. The molecule has 1 aromatic carbocycles. The zero-order chi connectivity index (χ0) is 14.5. The third kappa shape index (κ3) is 3.45. The summed E-state index contributed by atoms with van der Waals surface area (Å²) in [6.07, 6.45) is 0.215. The number of methoxy groups -OCH3 is 1. The number of aromatic nitrogens is 1. The van der Waals surface area contributed by atoms with Gasteiger partial charge in [-0.2, -0.15) is 0 Å². The molecule has 7 heteroatoms. The van der Waals surface area contributed by atoms with Gasteiger partial charge < -0.3 is 15.4 Å². The van der Waals surface area contributed by atoms with Crippen molar-refractivity contribution < 1.29 is 14.3 Å². The van der Waals surface area contributed by atoms with Crippen LogP contribution in [0.2, 0.25) is 0 Å². The van der Waals surface area contributed by atoms with Crippen molar-refractivity contribution in [3.05, 3.63) is 18.2 Å². The Morgan fingerprint density at radius 2 is 2.20 bits per heavy atom. The third-order valence-corrected chi connectivity index (χ3v) is 3.51. The number of fused-ring (bicyclic) bond motifs is 1. The number of anilines is 1. The number of ether oxygens (including phenoxy) is 1. The number of nitrogens with zero attached hydrogens (tertiary/aromatic N) is 1. The molecule has 0 aliphatic rings. The highest BCUT2D eigenvalue weighted by molar-refractivity contribution is 7.22. The number of nitrogens with one attached hydrogen (secondary N) is 2. The van der Waals surface area contributed by atoms with Gasteiger partial charge in [-0.15, -0.1) is 0 Å². The number of hydrogen-bond acceptors (Lipinski definition) is 5. The molecule has 0 atom stereocenters.